The SMILES string of the molecule is C.C.C=C/C=C(\C)[C@H]1OC(=O)C[C@H](O)CC[C@@](C)(O)[C@@H](OC(C)=O)/C=C/[C@@H]1C.C=C[C@](C)(O)C[C@H]1O[C@@H]1[C@H](C)[C@@H](O)CC.CC[C@H](O)[C@@H](C)[C@H]1O[C@@H]1C[C@@](C)(O)/C=C/C=C(\C)[C@H]1OC(=O)C[C@H](O)CC[C@@](C)(O)[C@@H](OC(C)=O)/C=C/[C@@H]1C. The Balaban J connectivity index is 0.00000131. The third-order valence-corrected chi connectivity index (χ3v) is 15.3. The van der Waals surface area contributed by atoms with Crippen LogP contribution in [-0.2, 0) is 47.6 Å². The van der Waals surface area contributed by atoms with Crippen molar-refractivity contribution in [3.05, 3.63) is 85.1 Å². The minimum absolute atomic E-state index is 0. The molecule has 0 aromatic heterocycles. The molecule has 2 saturated heterocycles. The molecule has 2 fully saturated rings. The smallest absolute Gasteiger partial charge is 0.309 e. The molecule has 0 spiro atoms. The second kappa shape index (κ2) is 35.2. The van der Waals surface area contributed by atoms with Crippen LogP contribution in [0.2, 0.25) is 0 Å². The maximum Gasteiger partial charge on any atom is 0.309 e. The summed E-state index contributed by atoms with van der Waals surface area (Å²) in [7, 11) is 0. The van der Waals surface area contributed by atoms with Gasteiger partial charge < -0.3 is 69.3 Å². The lowest BCUT2D eigenvalue weighted by Crippen LogP contribution is -2.42. The highest BCUT2D eigenvalue weighted by Gasteiger charge is 2.48. The van der Waals surface area contributed by atoms with Crippen molar-refractivity contribution in [1.29, 1.82) is 0 Å². The van der Waals surface area contributed by atoms with E-state index in [1.165, 1.54) is 26.8 Å². The molecule has 0 saturated carbocycles. The van der Waals surface area contributed by atoms with Gasteiger partial charge in [0.05, 0.1) is 72.9 Å². The largest absolute Gasteiger partial charge is 0.457 e. The first-order valence-electron chi connectivity index (χ1n) is 28.3. The van der Waals surface area contributed by atoms with E-state index in [1.807, 2.05) is 48.5 Å². The summed E-state index contributed by atoms with van der Waals surface area (Å²) in [6, 6.07) is 0. The number of esters is 4. The molecule has 82 heavy (non-hydrogen) atoms. The predicted molar refractivity (Wildman–Crippen MR) is 318 cm³/mol. The number of cyclic esters (lactones) is 2. The Hall–Kier alpha value is -4.34. The number of aliphatic hydroxyl groups excluding tert-OH is 4. The van der Waals surface area contributed by atoms with Crippen molar-refractivity contribution in [3.63, 3.8) is 0 Å². The Kier molecular flexibility index (Phi) is 33.3. The molecular weight excluding hydrogens is 1060 g/mol. The standard InChI is InChI=1S/C30H48O9.C20H30O6.C12H22O3.2CH4/c1-8-23(33)20(4)28-24(38-28)17-29(6,35)14-9-10-18(2)27-19(3)11-12-25(37-21(5)31)30(7,36)15-13-22(32)16-26(34)39-27;1-6-7-13(2)19-14(3)8-9-17(25-15(4)21)20(5,24)11-10-16(22)12-18(23)26-19;1-5-9(13)8(3)11-10(15-11)7-12(4,14)6-2;;/h9-12,14,19-20,22-25,27-28,32-33,35-36H,8,13,15-17H2,1-7H3;6-9,14,16-17,19,22,24H,1,10-12H2,2-5H3;6,8-11,13-14H,2,5,7H2,1,3-4H3;2*1H4/b12-11+,14-9+,18-10+;9-8+,13-7+;;;/t19-,20+,22+,23-,24+,25-,27+,28+,29-,30+;14-,16+,17-,19+,20+;8-,9+,10-,11-,12+;;/m001../s1. The summed E-state index contributed by atoms with van der Waals surface area (Å²) in [6.07, 6.45) is 13.4. The number of carbonyl (C=O) groups excluding carboxylic acids is 4. The van der Waals surface area contributed by atoms with Gasteiger partial charge in [0.1, 0.15) is 35.6 Å². The maximum atomic E-state index is 12.6. The van der Waals surface area contributed by atoms with Crippen LogP contribution >= 0.6 is 0 Å². The fraction of sp³-hybridized carbons (Fsp3) is 0.719. The average molecular weight is 1170 g/mol. The summed E-state index contributed by atoms with van der Waals surface area (Å²) in [5, 5.41) is 82.4. The van der Waals surface area contributed by atoms with Crippen molar-refractivity contribution in [1.82, 2.24) is 0 Å². The molecule has 4 aliphatic rings. The van der Waals surface area contributed by atoms with Crippen molar-refractivity contribution >= 4 is 23.9 Å². The zero-order valence-electron chi connectivity index (χ0n) is 50.2. The fourth-order valence-corrected chi connectivity index (χ4v) is 9.76. The molecule has 0 bridgehead atoms. The summed E-state index contributed by atoms with van der Waals surface area (Å²) in [6.45, 7) is 31.4. The van der Waals surface area contributed by atoms with Crippen molar-refractivity contribution in [2.75, 3.05) is 0 Å². The first kappa shape index (κ1) is 77.7. The third-order valence-electron chi connectivity index (χ3n) is 15.3. The minimum atomic E-state index is -1.43. The molecular formula is C64H108O18. The van der Waals surface area contributed by atoms with Gasteiger partial charge in [-0.25, -0.2) is 0 Å². The van der Waals surface area contributed by atoms with Crippen LogP contribution in [0.25, 0.3) is 0 Å². The quantitative estimate of drug-likeness (QED) is 0.0210. The van der Waals surface area contributed by atoms with Gasteiger partial charge >= 0.3 is 23.9 Å². The van der Waals surface area contributed by atoms with Crippen LogP contribution in [0, 0.1) is 23.7 Å². The number of rotatable bonds is 18. The lowest BCUT2D eigenvalue weighted by Gasteiger charge is -2.32. The van der Waals surface area contributed by atoms with E-state index in [-0.39, 0.29) is 108 Å². The zero-order valence-corrected chi connectivity index (χ0v) is 50.2. The van der Waals surface area contributed by atoms with Crippen LogP contribution in [0.3, 0.4) is 0 Å². The third kappa shape index (κ3) is 27.1. The lowest BCUT2D eigenvalue weighted by atomic mass is 9.88. The highest BCUT2D eigenvalue weighted by Crippen LogP contribution is 2.39. The van der Waals surface area contributed by atoms with E-state index in [9.17, 15) is 60.0 Å². The molecule has 472 valence electrons. The highest BCUT2D eigenvalue weighted by molar-refractivity contribution is 5.71. The molecule has 0 amide bonds. The molecule has 18 heteroatoms. The summed E-state index contributed by atoms with van der Waals surface area (Å²) in [5.41, 5.74) is -3.31. The Morgan fingerprint density at radius 2 is 1.06 bits per heavy atom. The molecule has 4 aliphatic heterocycles. The van der Waals surface area contributed by atoms with Crippen molar-refractivity contribution in [3.8, 4) is 0 Å². The molecule has 20 atom stereocenters. The molecule has 0 aliphatic carbocycles. The van der Waals surface area contributed by atoms with E-state index in [0.717, 1.165) is 12.0 Å². The van der Waals surface area contributed by atoms with Crippen molar-refractivity contribution < 1.29 is 88.5 Å². The number of hydrogen-bond donors (Lipinski definition) is 8. The lowest BCUT2D eigenvalue weighted by molar-refractivity contribution is -0.158. The number of ether oxygens (including phenoxy) is 6. The van der Waals surface area contributed by atoms with Crippen LogP contribution in [0.15, 0.2) is 85.1 Å². The van der Waals surface area contributed by atoms with Crippen LogP contribution in [0.4, 0.5) is 0 Å². The summed E-state index contributed by atoms with van der Waals surface area (Å²) in [4.78, 5) is 47.8. The van der Waals surface area contributed by atoms with Crippen molar-refractivity contribution in [2.24, 2.45) is 23.7 Å². The minimum Gasteiger partial charge on any atom is -0.457 e. The maximum absolute atomic E-state index is 12.6. The number of hydrogen-bond acceptors (Lipinski definition) is 18. The first-order valence-corrected chi connectivity index (χ1v) is 28.3. The van der Waals surface area contributed by atoms with Crippen LogP contribution in [0.5, 0.6) is 0 Å². The number of epoxide rings is 2. The normalized spacial score (nSPS) is 34.7. The number of carbonyl (C=O) groups is 4. The monoisotopic (exact) mass is 1160 g/mol. The molecule has 4 rings (SSSR count). The molecule has 0 aromatic rings. The highest BCUT2D eigenvalue weighted by atomic mass is 16.6. The van der Waals surface area contributed by atoms with E-state index in [4.69, 9.17) is 28.4 Å². The number of aliphatic hydroxyl groups is 8. The molecule has 8 N–H and O–H groups in total. The molecule has 0 unspecified atom stereocenters. The first-order chi connectivity index (χ1) is 37.0. The van der Waals surface area contributed by atoms with Gasteiger partial charge in [-0.2, -0.15) is 0 Å². The van der Waals surface area contributed by atoms with E-state index in [2.05, 4.69) is 13.2 Å². The van der Waals surface area contributed by atoms with Gasteiger partial charge in [0.2, 0.25) is 0 Å². The molecule has 18 nitrogen and oxygen atoms in total. The Bertz CT molecular complexity index is 2150. The molecule has 0 radical (unpaired) electrons. The van der Waals surface area contributed by atoms with Crippen LogP contribution in [-0.4, -0.2) is 160 Å². The fourth-order valence-electron chi connectivity index (χ4n) is 9.76. The van der Waals surface area contributed by atoms with E-state index >= 15 is 0 Å². The van der Waals surface area contributed by atoms with E-state index in [1.54, 1.807) is 82.4 Å². The van der Waals surface area contributed by atoms with Crippen LogP contribution in [0.1, 0.15) is 176 Å². The Morgan fingerprint density at radius 1 is 0.695 bits per heavy atom. The van der Waals surface area contributed by atoms with Gasteiger partial charge in [0.15, 0.2) is 0 Å². The van der Waals surface area contributed by atoms with Gasteiger partial charge in [-0.1, -0.05) is 112 Å². The molecule has 4 heterocycles. The molecule has 0 aromatic carbocycles. The number of allylic oxidation sites excluding steroid dienone is 4. The van der Waals surface area contributed by atoms with Gasteiger partial charge in [0, 0.05) is 50.4 Å². The van der Waals surface area contributed by atoms with Gasteiger partial charge in [-0.15, -0.1) is 6.58 Å². The van der Waals surface area contributed by atoms with Crippen LogP contribution < -0.4 is 0 Å². The van der Waals surface area contributed by atoms with Gasteiger partial charge in [-0.3, -0.25) is 19.2 Å². The summed E-state index contributed by atoms with van der Waals surface area (Å²) < 4.78 is 33.1. The summed E-state index contributed by atoms with van der Waals surface area (Å²) in [5.74, 6) is -2.57. The average Bonchev–Trinajstić information content (AvgIpc) is 4.31. The second-order valence-electron chi connectivity index (χ2n) is 23.6. The zero-order chi connectivity index (χ0) is 61.1. The topological polar surface area (TPSA) is 292 Å². The van der Waals surface area contributed by atoms with E-state index in [0.29, 0.717) is 24.8 Å². The Labute approximate surface area is 491 Å². The Morgan fingerprint density at radius 3 is 1.40 bits per heavy atom. The summed E-state index contributed by atoms with van der Waals surface area (Å²) >= 11 is 0. The predicted octanol–water partition coefficient (Wildman–Crippen LogP) is 8.35. The van der Waals surface area contributed by atoms with Gasteiger partial charge in [0.25, 0.3) is 0 Å². The second-order valence-corrected chi connectivity index (χ2v) is 23.6. The van der Waals surface area contributed by atoms with E-state index < -0.39 is 89.0 Å². The van der Waals surface area contributed by atoms with Crippen molar-refractivity contribution in [2.45, 2.75) is 272 Å². The van der Waals surface area contributed by atoms with Gasteiger partial charge in [-0.05, 0) is 103 Å².